The largest absolute Gasteiger partial charge is 0.383 e. The topological polar surface area (TPSA) is 101 Å². The Morgan fingerprint density at radius 1 is 0.929 bits per heavy atom. The first kappa shape index (κ1) is 26.7. The molecule has 2 aliphatic rings. The number of benzene rings is 2. The molecule has 0 radical (unpaired) electrons. The van der Waals surface area contributed by atoms with Gasteiger partial charge in [-0.25, -0.2) is 24.3 Å². The number of hydrogen-bond acceptors (Lipinski definition) is 8. The van der Waals surface area contributed by atoms with Gasteiger partial charge in [-0.2, -0.15) is 0 Å². The van der Waals surface area contributed by atoms with Crippen molar-refractivity contribution in [3.8, 4) is 11.1 Å². The van der Waals surface area contributed by atoms with Crippen LogP contribution in [0, 0.1) is 12.7 Å². The Balaban J connectivity index is 1.12. The van der Waals surface area contributed by atoms with Gasteiger partial charge in [0, 0.05) is 67.3 Å². The predicted molar refractivity (Wildman–Crippen MR) is 165 cm³/mol. The number of likely N-dealkylation sites (N-methyl/N-ethyl adjacent to an activating group) is 1. The summed E-state index contributed by atoms with van der Waals surface area (Å²) in [5.41, 5.74) is 11.5. The molecule has 5 aromatic rings. The highest BCUT2D eigenvalue weighted by molar-refractivity contribution is 6.00. The molecule has 1 saturated heterocycles. The van der Waals surface area contributed by atoms with Crippen molar-refractivity contribution in [2.45, 2.75) is 44.7 Å². The summed E-state index contributed by atoms with van der Waals surface area (Å²) < 4.78 is 16.2. The maximum atomic E-state index is 13.9. The van der Waals surface area contributed by atoms with Gasteiger partial charge in [-0.05, 0) is 75.0 Å². The number of nitrogens with zero attached hydrogens (tertiary/aromatic N) is 7. The summed E-state index contributed by atoms with van der Waals surface area (Å²) in [5, 5.41) is 4.84. The Hall–Kier alpha value is -4.15. The third kappa shape index (κ3) is 5.05. The van der Waals surface area contributed by atoms with Crippen LogP contribution in [-0.4, -0.2) is 73.6 Å². The zero-order valence-electron chi connectivity index (χ0n) is 24.1. The minimum absolute atomic E-state index is 0.256. The number of nitrogens with two attached hydrogens (primary N) is 1. The summed E-state index contributed by atoms with van der Waals surface area (Å²) in [5.74, 6) is 0.703. The van der Waals surface area contributed by atoms with Crippen molar-refractivity contribution in [2.75, 3.05) is 44.3 Å². The van der Waals surface area contributed by atoms with E-state index in [0.29, 0.717) is 40.3 Å². The van der Waals surface area contributed by atoms with Crippen molar-refractivity contribution in [1.29, 1.82) is 0 Å². The normalized spacial score (nSPS) is 20.4. The van der Waals surface area contributed by atoms with E-state index in [1.807, 2.05) is 12.1 Å². The zero-order valence-corrected chi connectivity index (χ0v) is 24.1. The Morgan fingerprint density at radius 3 is 2.43 bits per heavy atom. The SMILES string of the molecule is Cc1cc2nc(Nc3ccc(-c4cn([C@H]5CC[C@@H](N6CCN(C)CC6)CC5)c5ncnc(N)c45)cc3)ncc2cc1F. The average Bonchev–Trinajstić information content (AvgIpc) is 3.40. The second-order valence-corrected chi connectivity index (χ2v) is 11.8. The maximum Gasteiger partial charge on any atom is 0.227 e. The fourth-order valence-electron chi connectivity index (χ4n) is 6.57. The van der Waals surface area contributed by atoms with Gasteiger partial charge in [-0.3, -0.25) is 4.90 Å². The number of aromatic nitrogens is 5. The number of hydrogen-bond donors (Lipinski definition) is 2. The van der Waals surface area contributed by atoms with Gasteiger partial charge in [-0.15, -0.1) is 0 Å². The molecule has 42 heavy (non-hydrogen) atoms. The van der Waals surface area contributed by atoms with Crippen LogP contribution < -0.4 is 11.1 Å². The standard InChI is InChI=1S/C32H36FN9/c1-20-15-28-22(16-27(20)33)17-35-32(39-28)38-23-5-3-21(4-6-23)26-18-42(31-29(26)30(34)36-19-37-31)25-9-7-24(8-10-25)41-13-11-40(2)12-14-41/h3-6,15-19,24-25H,7-14H2,1-2H3,(H2,34,36,37)(H,35,38,39)/t24-,25+. The van der Waals surface area contributed by atoms with E-state index in [0.717, 1.165) is 53.8 Å². The molecular weight excluding hydrogens is 529 g/mol. The summed E-state index contributed by atoms with van der Waals surface area (Å²) >= 11 is 0. The third-order valence-electron chi connectivity index (χ3n) is 9.06. The summed E-state index contributed by atoms with van der Waals surface area (Å²) in [6, 6.07) is 12.4. The lowest BCUT2D eigenvalue weighted by Gasteiger charge is -2.41. The molecule has 0 unspecified atom stereocenters. The van der Waals surface area contributed by atoms with E-state index in [1.165, 1.54) is 32.0 Å². The number of rotatable bonds is 5. The van der Waals surface area contributed by atoms with Crippen molar-refractivity contribution in [3.63, 3.8) is 0 Å². The van der Waals surface area contributed by atoms with Crippen molar-refractivity contribution < 1.29 is 4.39 Å². The quantitative estimate of drug-likeness (QED) is 0.286. The molecule has 9 nitrogen and oxygen atoms in total. The van der Waals surface area contributed by atoms with Crippen molar-refractivity contribution in [2.24, 2.45) is 0 Å². The van der Waals surface area contributed by atoms with E-state index in [4.69, 9.17) is 10.7 Å². The van der Waals surface area contributed by atoms with Crippen molar-refractivity contribution in [3.05, 3.63) is 66.5 Å². The number of nitrogens with one attached hydrogen (secondary N) is 1. The lowest BCUT2D eigenvalue weighted by atomic mass is 9.89. The Morgan fingerprint density at radius 2 is 1.67 bits per heavy atom. The molecule has 1 aliphatic carbocycles. The first-order chi connectivity index (χ1) is 20.4. The van der Waals surface area contributed by atoms with Crippen LogP contribution in [0.5, 0.6) is 0 Å². The Bertz CT molecular complexity index is 1730. The highest BCUT2D eigenvalue weighted by Gasteiger charge is 2.30. The van der Waals surface area contributed by atoms with Gasteiger partial charge >= 0.3 is 0 Å². The van der Waals surface area contributed by atoms with Gasteiger partial charge in [0.15, 0.2) is 0 Å². The van der Waals surface area contributed by atoms with Crippen LogP contribution in [0.3, 0.4) is 0 Å². The smallest absolute Gasteiger partial charge is 0.227 e. The monoisotopic (exact) mass is 565 g/mol. The van der Waals surface area contributed by atoms with Crippen LogP contribution in [0.15, 0.2) is 55.1 Å². The van der Waals surface area contributed by atoms with Crippen molar-refractivity contribution >= 4 is 39.4 Å². The van der Waals surface area contributed by atoms with Gasteiger partial charge in [0.05, 0.1) is 10.9 Å². The van der Waals surface area contributed by atoms with Gasteiger partial charge in [-0.1, -0.05) is 12.1 Å². The number of halogens is 1. The molecular formula is C32H36FN9. The maximum absolute atomic E-state index is 13.9. The predicted octanol–water partition coefficient (Wildman–Crippen LogP) is 5.55. The summed E-state index contributed by atoms with van der Waals surface area (Å²) in [6.45, 7) is 6.39. The molecule has 1 aliphatic heterocycles. The number of nitrogen functional groups attached to an aromatic ring is 1. The van der Waals surface area contributed by atoms with Crippen LogP contribution in [0.2, 0.25) is 0 Å². The molecule has 3 aromatic heterocycles. The van der Waals surface area contributed by atoms with Crippen molar-refractivity contribution in [1.82, 2.24) is 34.3 Å². The van der Waals surface area contributed by atoms with Crippen LogP contribution in [0.25, 0.3) is 33.1 Å². The fraction of sp³-hybridized carbons (Fsp3) is 0.375. The molecule has 3 N–H and O–H groups in total. The molecule has 2 aromatic carbocycles. The Kier molecular flexibility index (Phi) is 6.95. The Labute approximate surface area is 244 Å². The molecule has 1 saturated carbocycles. The zero-order chi connectivity index (χ0) is 28.8. The number of aryl methyl sites for hydroxylation is 1. The second-order valence-electron chi connectivity index (χ2n) is 11.8. The van der Waals surface area contributed by atoms with Crippen LogP contribution in [-0.2, 0) is 0 Å². The van der Waals surface area contributed by atoms with E-state index in [1.54, 1.807) is 25.5 Å². The van der Waals surface area contributed by atoms with E-state index >= 15 is 0 Å². The minimum atomic E-state index is -0.256. The molecule has 2 fully saturated rings. The van der Waals surface area contributed by atoms with E-state index in [2.05, 4.69) is 60.0 Å². The average molecular weight is 566 g/mol. The lowest BCUT2D eigenvalue weighted by molar-refractivity contribution is 0.0828. The number of piperazine rings is 1. The van der Waals surface area contributed by atoms with Crippen LogP contribution in [0.1, 0.15) is 37.3 Å². The van der Waals surface area contributed by atoms with Gasteiger partial charge in [0.2, 0.25) is 5.95 Å². The lowest BCUT2D eigenvalue weighted by Crippen LogP contribution is -2.49. The van der Waals surface area contributed by atoms with E-state index < -0.39 is 0 Å². The molecule has 0 amide bonds. The van der Waals surface area contributed by atoms with Gasteiger partial charge in [0.1, 0.15) is 23.6 Å². The first-order valence-corrected chi connectivity index (χ1v) is 14.8. The summed E-state index contributed by atoms with van der Waals surface area (Å²) in [7, 11) is 2.21. The molecule has 4 heterocycles. The molecule has 7 rings (SSSR count). The molecule has 216 valence electrons. The third-order valence-corrected chi connectivity index (χ3v) is 9.06. The van der Waals surface area contributed by atoms with Crippen LogP contribution in [0.4, 0.5) is 21.8 Å². The van der Waals surface area contributed by atoms with Gasteiger partial charge < -0.3 is 20.5 Å². The van der Waals surface area contributed by atoms with E-state index in [-0.39, 0.29) is 5.82 Å². The highest BCUT2D eigenvalue weighted by Crippen LogP contribution is 2.39. The second kappa shape index (κ2) is 10.9. The summed E-state index contributed by atoms with van der Waals surface area (Å²) in [4.78, 5) is 23.1. The number of fused-ring (bicyclic) bond motifs is 2. The number of anilines is 3. The molecule has 0 spiro atoms. The molecule has 0 bridgehead atoms. The van der Waals surface area contributed by atoms with Crippen LogP contribution >= 0.6 is 0 Å². The minimum Gasteiger partial charge on any atom is -0.383 e. The fourth-order valence-corrected chi connectivity index (χ4v) is 6.57. The molecule has 0 atom stereocenters. The van der Waals surface area contributed by atoms with E-state index in [9.17, 15) is 4.39 Å². The summed E-state index contributed by atoms with van der Waals surface area (Å²) in [6.07, 6.45) is 10.1. The first-order valence-electron chi connectivity index (χ1n) is 14.8. The van der Waals surface area contributed by atoms with Gasteiger partial charge in [0.25, 0.3) is 0 Å². The highest BCUT2D eigenvalue weighted by atomic mass is 19.1. The molecule has 10 heteroatoms.